The van der Waals surface area contributed by atoms with Gasteiger partial charge in [-0.15, -0.1) is 11.8 Å². The van der Waals surface area contributed by atoms with Gasteiger partial charge < -0.3 is 10.6 Å². The van der Waals surface area contributed by atoms with Crippen molar-refractivity contribution in [2.75, 3.05) is 10.3 Å². The van der Waals surface area contributed by atoms with Gasteiger partial charge in [0.05, 0.1) is 12.1 Å². The first-order valence-electron chi connectivity index (χ1n) is 13.4. The normalized spacial score (nSPS) is 13.5. The number of nitrogens with one attached hydrogen (secondary N) is 2. The molecule has 5 aromatic rings. The molecule has 3 amide bonds. The van der Waals surface area contributed by atoms with E-state index in [1.54, 1.807) is 12.1 Å². The van der Waals surface area contributed by atoms with Crippen molar-refractivity contribution in [2.24, 2.45) is 5.10 Å². The highest BCUT2D eigenvalue weighted by Gasteiger charge is 2.29. The number of para-hydroxylation sites is 1. The van der Waals surface area contributed by atoms with Gasteiger partial charge in [0.1, 0.15) is 11.1 Å². The number of rotatable bonds is 7. The van der Waals surface area contributed by atoms with Gasteiger partial charge in [0.15, 0.2) is 0 Å². The Morgan fingerprint density at radius 3 is 2.14 bits per heavy atom. The minimum atomic E-state index is -0.590. The fraction of sp³-hybridized carbons (Fsp3) is 0.0588. The fourth-order valence-corrected chi connectivity index (χ4v) is 5.69. The molecule has 0 saturated heterocycles. The van der Waals surface area contributed by atoms with E-state index in [-0.39, 0.29) is 24.1 Å². The van der Waals surface area contributed by atoms with E-state index in [1.807, 2.05) is 115 Å². The number of fused-ring (bicyclic) bond motifs is 1. The molecule has 2 N–H and O–H groups in total. The van der Waals surface area contributed by atoms with E-state index in [0.717, 1.165) is 21.2 Å². The van der Waals surface area contributed by atoms with E-state index in [0.29, 0.717) is 22.8 Å². The van der Waals surface area contributed by atoms with Gasteiger partial charge in [-0.25, -0.2) is 0 Å². The van der Waals surface area contributed by atoms with E-state index in [4.69, 9.17) is 0 Å². The minimum Gasteiger partial charge on any atom is -0.322 e. The van der Waals surface area contributed by atoms with E-state index < -0.39 is 5.25 Å². The monoisotopic (exact) mass is 570 g/mol. The quantitative estimate of drug-likeness (QED) is 0.211. The van der Waals surface area contributed by atoms with Crippen molar-refractivity contribution in [3.63, 3.8) is 0 Å². The number of anilines is 2. The lowest BCUT2D eigenvalue weighted by Gasteiger charge is -2.17. The molecule has 1 aliphatic rings. The van der Waals surface area contributed by atoms with Crippen molar-refractivity contribution >= 4 is 57.5 Å². The molecule has 206 valence electrons. The van der Waals surface area contributed by atoms with Crippen LogP contribution in [0, 0.1) is 0 Å². The van der Waals surface area contributed by atoms with Crippen LogP contribution >= 0.6 is 11.8 Å². The molecular weight excluding hydrogens is 544 g/mol. The first-order valence-corrected chi connectivity index (χ1v) is 14.3. The zero-order valence-electron chi connectivity index (χ0n) is 22.4. The fourth-order valence-electron chi connectivity index (χ4n) is 4.67. The summed E-state index contributed by atoms with van der Waals surface area (Å²) in [4.78, 5) is 39.8. The van der Waals surface area contributed by atoms with Gasteiger partial charge >= 0.3 is 0 Å². The first-order chi connectivity index (χ1) is 20.5. The number of carbonyl (C=O) groups excluding carboxylic acids is 3. The Labute approximate surface area is 247 Å². The van der Waals surface area contributed by atoms with Gasteiger partial charge in [0, 0.05) is 16.1 Å². The van der Waals surface area contributed by atoms with Crippen LogP contribution in [0.15, 0.2) is 137 Å². The number of amidine groups is 1. The Morgan fingerprint density at radius 2 is 1.40 bits per heavy atom. The third-order valence-corrected chi connectivity index (χ3v) is 8.03. The van der Waals surface area contributed by atoms with Crippen molar-refractivity contribution in [3.8, 4) is 0 Å². The lowest BCUT2D eigenvalue weighted by molar-refractivity contribution is -0.119. The summed E-state index contributed by atoms with van der Waals surface area (Å²) in [5.74, 6) is -0.371. The molecule has 0 saturated carbocycles. The summed E-state index contributed by atoms with van der Waals surface area (Å²) in [6, 6.07) is 39.5. The SMILES string of the molecule is O=C(Nc1ccc(SC(C(=O)NC2=NN(c3ccccc3)C(=O)C2)c2ccccc2)cc1)c1ccc2ccccc2c1. The number of nitrogens with zero attached hydrogens (tertiary/aromatic N) is 2. The zero-order chi connectivity index (χ0) is 28.9. The van der Waals surface area contributed by atoms with Crippen LogP contribution in [0.3, 0.4) is 0 Å². The maximum absolute atomic E-state index is 13.5. The van der Waals surface area contributed by atoms with Crippen LogP contribution < -0.4 is 15.6 Å². The number of carbonyl (C=O) groups is 3. The smallest absolute Gasteiger partial charge is 0.255 e. The van der Waals surface area contributed by atoms with E-state index in [9.17, 15) is 14.4 Å². The third kappa shape index (κ3) is 6.09. The summed E-state index contributed by atoms with van der Waals surface area (Å²) in [7, 11) is 0. The lowest BCUT2D eigenvalue weighted by Crippen LogP contribution is -2.33. The van der Waals surface area contributed by atoms with Gasteiger partial charge in [-0.05, 0) is 64.9 Å². The molecule has 1 heterocycles. The number of hydrogen-bond acceptors (Lipinski definition) is 5. The highest BCUT2D eigenvalue weighted by atomic mass is 32.2. The zero-order valence-corrected chi connectivity index (χ0v) is 23.3. The molecule has 0 aliphatic carbocycles. The molecule has 0 spiro atoms. The molecule has 6 rings (SSSR count). The van der Waals surface area contributed by atoms with Crippen LogP contribution in [0.25, 0.3) is 10.8 Å². The third-order valence-electron chi connectivity index (χ3n) is 6.76. The topological polar surface area (TPSA) is 90.9 Å². The molecule has 0 radical (unpaired) electrons. The summed E-state index contributed by atoms with van der Waals surface area (Å²) in [5, 5.41) is 13.0. The average molecular weight is 571 g/mol. The molecule has 0 aromatic heterocycles. The molecule has 1 aliphatic heterocycles. The number of hydrazone groups is 1. The van der Waals surface area contributed by atoms with Gasteiger partial charge in [0.25, 0.3) is 11.8 Å². The number of hydrogen-bond donors (Lipinski definition) is 2. The van der Waals surface area contributed by atoms with E-state index in [1.165, 1.54) is 16.8 Å². The first kappa shape index (κ1) is 27.0. The van der Waals surface area contributed by atoms with Crippen LogP contribution in [-0.4, -0.2) is 23.6 Å². The van der Waals surface area contributed by atoms with Crippen molar-refractivity contribution in [2.45, 2.75) is 16.6 Å². The van der Waals surface area contributed by atoms with Gasteiger partial charge in [-0.3, -0.25) is 14.4 Å². The molecule has 1 atom stereocenters. The predicted octanol–water partition coefficient (Wildman–Crippen LogP) is 6.79. The van der Waals surface area contributed by atoms with Gasteiger partial charge in [0.2, 0.25) is 5.91 Å². The second-order valence-electron chi connectivity index (χ2n) is 9.70. The van der Waals surface area contributed by atoms with E-state index >= 15 is 0 Å². The summed E-state index contributed by atoms with van der Waals surface area (Å²) in [6.45, 7) is 0. The predicted molar refractivity (Wildman–Crippen MR) is 168 cm³/mol. The molecular formula is C34H26N4O3S. The van der Waals surface area contributed by atoms with Crippen LogP contribution in [0.5, 0.6) is 0 Å². The van der Waals surface area contributed by atoms with Crippen LogP contribution in [-0.2, 0) is 9.59 Å². The average Bonchev–Trinajstić information content (AvgIpc) is 3.40. The van der Waals surface area contributed by atoms with Crippen LogP contribution in [0.4, 0.5) is 11.4 Å². The molecule has 0 bridgehead atoms. The maximum Gasteiger partial charge on any atom is 0.255 e. The van der Waals surface area contributed by atoms with Gasteiger partial charge in [-0.1, -0.05) is 78.9 Å². The summed E-state index contributed by atoms with van der Waals surface area (Å²) in [6.07, 6.45) is 0.0123. The number of benzene rings is 5. The highest BCUT2D eigenvalue weighted by Crippen LogP contribution is 2.36. The van der Waals surface area contributed by atoms with Crippen molar-refractivity contribution in [1.82, 2.24) is 5.32 Å². The van der Waals surface area contributed by atoms with Crippen molar-refractivity contribution in [1.29, 1.82) is 0 Å². The maximum atomic E-state index is 13.5. The minimum absolute atomic E-state index is 0.0123. The standard InChI is InChI=1S/C34H26N4O3S/c39-31-22-30(37-38(31)28-13-5-2-6-14-28)36-34(41)32(24-10-3-1-4-11-24)42-29-19-17-27(18-20-29)35-33(40)26-16-15-23-9-7-8-12-25(23)21-26/h1-21,32H,22H2,(H,35,40)(H,36,37,41). The molecule has 42 heavy (non-hydrogen) atoms. The highest BCUT2D eigenvalue weighted by molar-refractivity contribution is 8.00. The summed E-state index contributed by atoms with van der Waals surface area (Å²) >= 11 is 1.38. The van der Waals surface area contributed by atoms with Crippen molar-refractivity contribution in [3.05, 3.63) is 139 Å². The molecule has 0 fully saturated rings. The summed E-state index contributed by atoms with van der Waals surface area (Å²) in [5.41, 5.74) is 2.69. The second kappa shape index (κ2) is 12.1. The second-order valence-corrected chi connectivity index (χ2v) is 10.9. The number of thioether (sulfide) groups is 1. The van der Waals surface area contributed by atoms with Crippen LogP contribution in [0.1, 0.15) is 27.6 Å². The van der Waals surface area contributed by atoms with E-state index in [2.05, 4.69) is 15.7 Å². The number of amides is 3. The Bertz CT molecular complexity index is 1790. The lowest BCUT2D eigenvalue weighted by atomic mass is 10.1. The van der Waals surface area contributed by atoms with Crippen molar-refractivity contribution < 1.29 is 14.4 Å². The Kier molecular flexibility index (Phi) is 7.79. The largest absolute Gasteiger partial charge is 0.322 e. The Hall–Kier alpha value is -5.21. The Balaban J connectivity index is 1.15. The molecule has 1 unspecified atom stereocenters. The molecule has 7 nitrogen and oxygen atoms in total. The Morgan fingerprint density at radius 1 is 0.738 bits per heavy atom. The molecule has 5 aromatic carbocycles. The van der Waals surface area contributed by atoms with Gasteiger partial charge in [-0.2, -0.15) is 10.1 Å². The van der Waals surface area contributed by atoms with Crippen LogP contribution in [0.2, 0.25) is 0 Å². The molecule has 8 heteroatoms. The summed E-state index contributed by atoms with van der Waals surface area (Å²) < 4.78 is 0.